The quantitative estimate of drug-likeness (QED) is 0.304. The molecule has 1 unspecified atom stereocenters. The molecule has 1 atom stereocenters. The molecule has 0 aromatic carbocycles. The molecule has 22 heavy (non-hydrogen) atoms. The van der Waals surface area contributed by atoms with Gasteiger partial charge in [-0.15, -0.1) is 0 Å². The monoisotopic (exact) mass is 318 g/mol. The minimum Gasteiger partial charge on any atom is -0.382 e. The van der Waals surface area contributed by atoms with Crippen molar-refractivity contribution in [2.75, 3.05) is 34.5 Å². The first-order chi connectivity index (χ1) is 10.7. The molecule has 0 fully saturated rings. The Hall–Kier alpha value is -0.160. The average molecular weight is 318 g/mol. The number of rotatable bonds is 16. The van der Waals surface area contributed by atoms with Gasteiger partial charge in [0.05, 0.1) is 0 Å². The molecule has 0 aromatic heterocycles. The molecule has 0 spiro atoms. The molecule has 4 heteroatoms. The van der Waals surface area contributed by atoms with E-state index in [1.54, 1.807) is 21.3 Å². The Labute approximate surface area is 137 Å². The molecule has 0 aromatic rings. The molecule has 0 saturated carbocycles. The Morgan fingerprint density at radius 2 is 1.27 bits per heavy atom. The molecule has 0 saturated heterocycles. The summed E-state index contributed by atoms with van der Waals surface area (Å²) in [4.78, 5) is 0. The van der Waals surface area contributed by atoms with Gasteiger partial charge in [0.25, 0.3) is 5.97 Å². The molecule has 4 nitrogen and oxygen atoms in total. The van der Waals surface area contributed by atoms with Crippen LogP contribution in [0.15, 0.2) is 0 Å². The highest BCUT2D eigenvalue weighted by Crippen LogP contribution is 2.32. The molecule has 134 valence electrons. The highest BCUT2D eigenvalue weighted by atomic mass is 16.9. The normalized spacial score (nSPS) is 13.5. The van der Waals surface area contributed by atoms with E-state index in [1.807, 2.05) is 6.92 Å². The van der Waals surface area contributed by atoms with Crippen molar-refractivity contribution in [1.82, 2.24) is 0 Å². The van der Waals surface area contributed by atoms with Crippen molar-refractivity contribution in [3.8, 4) is 0 Å². The minimum absolute atomic E-state index is 0.235. The molecule has 0 aliphatic carbocycles. The van der Waals surface area contributed by atoms with Crippen LogP contribution in [0, 0.1) is 5.92 Å². The highest BCUT2D eigenvalue weighted by Gasteiger charge is 2.39. The fourth-order valence-electron chi connectivity index (χ4n) is 3.00. The first-order valence-electron chi connectivity index (χ1n) is 8.93. The summed E-state index contributed by atoms with van der Waals surface area (Å²) in [6, 6.07) is 0. The molecule has 0 radical (unpaired) electrons. The Bertz CT molecular complexity index is 221. The lowest BCUT2D eigenvalue weighted by Gasteiger charge is -2.36. The zero-order valence-electron chi connectivity index (χ0n) is 15.5. The van der Waals surface area contributed by atoms with Gasteiger partial charge in [0, 0.05) is 40.5 Å². The molecular weight excluding hydrogens is 280 g/mol. The van der Waals surface area contributed by atoms with Gasteiger partial charge < -0.3 is 18.9 Å². The summed E-state index contributed by atoms with van der Waals surface area (Å²) >= 11 is 0. The Balaban J connectivity index is 4.32. The van der Waals surface area contributed by atoms with Crippen LogP contribution in [0.1, 0.15) is 71.6 Å². The maximum absolute atomic E-state index is 5.57. The summed E-state index contributed by atoms with van der Waals surface area (Å²) in [5.74, 6) is -0.686. The van der Waals surface area contributed by atoms with Gasteiger partial charge in [-0.1, -0.05) is 45.4 Å². The number of hydrogen-bond acceptors (Lipinski definition) is 4. The van der Waals surface area contributed by atoms with Crippen LogP contribution in [-0.2, 0) is 18.9 Å². The summed E-state index contributed by atoms with van der Waals surface area (Å²) in [7, 11) is 4.97. The van der Waals surface area contributed by atoms with Crippen LogP contribution < -0.4 is 0 Å². The van der Waals surface area contributed by atoms with E-state index in [4.69, 9.17) is 18.9 Å². The minimum atomic E-state index is -0.921. The first kappa shape index (κ1) is 21.8. The largest absolute Gasteiger partial charge is 0.382 e. The van der Waals surface area contributed by atoms with E-state index in [0.29, 0.717) is 0 Å². The third-order valence-electron chi connectivity index (χ3n) is 4.31. The SMILES string of the molecule is CCCCCCCCC(CCCOCC)C(OC)(OC)OC. The molecule has 0 amide bonds. The van der Waals surface area contributed by atoms with Gasteiger partial charge in [0.15, 0.2) is 0 Å². The number of ether oxygens (including phenoxy) is 4. The van der Waals surface area contributed by atoms with Crippen molar-refractivity contribution in [2.45, 2.75) is 77.6 Å². The van der Waals surface area contributed by atoms with E-state index >= 15 is 0 Å². The van der Waals surface area contributed by atoms with Crippen molar-refractivity contribution in [3.63, 3.8) is 0 Å². The third kappa shape index (κ3) is 8.47. The molecular formula is C18H38O4. The summed E-state index contributed by atoms with van der Waals surface area (Å²) < 4.78 is 22.1. The van der Waals surface area contributed by atoms with Gasteiger partial charge in [-0.05, 0) is 26.2 Å². The number of hydrogen-bond donors (Lipinski definition) is 0. The van der Waals surface area contributed by atoms with Crippen LogP contribution in [0.5, 0.6) is 0 Å². The molecule has 0 rings (SSSR count). The maximum Gasteiger partial charge on any atom is 0.285 e. The summed E-state index contributed by atoms with van der Waals surface area (Å²) in [5, 5.41) is 0. The van der Waals surface area contributed by atoms with Gasteiger partial charge in [0.2, 0.25) is 0 Å². The maximum atomic E-state index is 5.57. The standard InChI is InChI=1S/C18H38O4/c1-6-8-9-10-11-12-14-17(15-13-16-22-7-2)18(19-3,20-4)21-5/h17H,6-16H2,1-5H3. The van der Waals surface area contributed by atoms with E-state index in [1.165, 1.54) is 38.5 Å². The van der Waals surface area contributed by atoms with E-state index in [-0.39, 0.29) is 5.92 Å². The van der Waals surface area contributed by atoms with Gasteiger partial charge in [-0.2, -0.15) is 0 Å². The van der Waals surface area contributed by atoms with E-state index < -0.39 is 5.97 Å². The summed E-state index contributed by atoms with van der Waals surface area (Å²) in [5.41, 5.74) is 0. The van der Waals surface area contributed by atoms with Crippen molar-refractivity contribution >= 4 is 0 Å². The van der Waals surface area contributed by atoms with Crippen LogP contribution in [0.4, 0.5) is 0 Å². The lowest BCUT2D eigenvalue weighted by molar-refractivity contribution is -0.380. The van der Waals surface area contributed by atoms with Gasteiger partial charge in [0.1, 0.15) is 0 Å². The second kappa shape index (κ2) is 14.4. The van der Waals surface area contributed by atoms with Crippen molar-refractivity contribution < 1.29 is 18.9 Å². The van der Waals surface area contributed by atoms with E-state index in [2.05, 4.69) is 6.92 Å². The van der Waals surface area contributed by atoms with Crippen LogP contribution in [0.3, 0.4) is 0 Å². The molecule has 0 bridgehead atoms. The lowest BCUT2D eigenvalue weighted by Crippen LogP contribution is -2.44. The Kier molecular flexibility index (Phi) is 14.3. The topological polar surface area (TPSA) is 36.9 Å². The van der Waals surface area contributed by atoms with Crippen molar-refractivity contribution in [3.05, 3.63) is 0 Å². The Morgan fingerprint density at radius 3 is 1.82 bits per heavy atom. The van der Waals surface area contributed by atoms with Crippen LogP contribution in [0.25, 0.3) is 0 Å². The highest BCUT2D eigenvalue weighted by molar-refractivity contribution is 4.71. The lowest BCUT2D eigenvalue weighted by atomic mass is 9.93. The number of methoxy groups -OCH3 is 3. The van der Waals surface area contributed by atoms with Gasteiger partial charge >= 0.3 is 0 Å². The zero-order valence-corrected chi connectivity index (χ0v) is 15.5. The molecule has 0 N–H and O–H groups in total. The van der Waals surface area contributed by atoms with E-state index in [9.17, 15) is 0 Å². The predicted octanol–water partition coefficient (Wildman–Crippen LogP) is 4.76. The smallest absolute Gasteiger partial charge is 0.285 e. The van der Waals surface area contributed by atoms with Crippen LogP contribution >= 0.6 is 0 Å². The van der Waals surface area contributed by atoms with Crippen molar-refractivity contribution in [1.29, 1.82) is 0 Å². The average Bonchev–Trinajstić information content (AvgIpc) is 2.55. The summed E-state index contributed by atoms with van der Waals surface area (Å²) in [6.45, 7) is 5.83. The predicted molar refractivity (Wildman–Crippen MR) is 91.0 cm³/mol. The molecule has 0 heterocycles. The van der Waals surface area contributed by atoms with Gasteiger partial charge in [-0.25, -0.2) is 0 Å². The van der Waals surface area contributed by atoms with Crippen LogP contribution in [0.2, 0.25) is 0 Å². The molecule has 0 aliphatic rings. The fraction of sp³-hybridized carbons (Fsp3) is 1.00. The second-order valence-electron chi connectivity index (χ2n) is 5.81. The fourth-order valence-corrected chi connectivity index (χ4v) is 3.00. The Morgan fingerprint density at radius 1 is 0.727 bits per heavy atom. The zero-order chi connectivity index (χ0) is 16.7. The van der Waals surface area contributed by atoms with Crippen LogP contribution in [-0.4, -0.2) is 40.5 Å². The summed E-state index contributed by atoms with van der Waals surface area (Å²) in [6.07, 6.45) is 10.8. The van der Waals surface area contributed by atoms with E-state index in [0.717, 1.165) is 32.5 Å². The first-order valence-corrected chi connectivity index (χ1v) is 8.93. The van der Waals surface area contributed by atoms with Crippen molar-refractivity contribution in [2.24, 2.45) is 5.92 Å². The number of unbranched alkanes of at least 4 members (excludes halogenated alkanes) is 5. The van der Waals surface area contributed by atoms with Gasteiger partial charge in [-0.3, -0.25) is 0 Å². The molecule has 0 aliphatic heterocycles. The second-order valence-corrected chi connectivity index (χ2v) is 5.81. The third-order valence-corrected chi connectivity index (χ3v) is 4.31.